The summed E-state index contributed by atoms with van der Waals surface area (Å²) in [7, 11) is 0. The standard InChI is InChI=1S/C24H27N5O4/c1-16-4-6-17(7-5-16)21-14-29-20(15-33-21)22(26-27-29)24(31)28-10-8-18(9-11-28)23(30)25-13-19-3-2-12-32-19/h2-7,12,18,21H,8-11,13-15H2,1H3,(H,25,30). The molecule has 2 amide bonds. The number of nitrogens with one attached hydrogen (secondary N) is 1. The lowest BCUT2D eigenvalue weighted by atomic mass is 9.95. The van der Waals surface area contributed by atoms with E-state index in [1.54, 1.807) is 21.9 Å². The van der Waals surface area contributed by atoms with Gasteiger partial charge in [-0.3, -0.25) is 9.59 Å². The summed E-state index contributed by atoms with van der Waals surface area (Å²) in [5, 5.41) is 11.3. The fraction of sp³-hybridized carbons (Fsp3) is 0.417. The Morgan fingerprint density at radius 3 is 2.67 bits per heavy atom. The van der Waals surface area contributed by atoms with E-state index in [9.17, 15) is 9.59 Å². The number of hydrogen-bond acceptors (Lipinski definition) is 6. The van der Waals surface area contributed by atoms with Crippen molar-refractivity contribution in [3.63, 3.8) is 0 Å². The number of carbonyl (C=O) groups excluding carboxylic acids is 2. The average Bonchev–Trinajstić information content (AvgIpc) is 3.52. The number of hydrogen-bond donors (Lipinski definition) is 1. The highest BCUT2D eigenvalue weighted by Crippen LogP contribution is 2.28. The monoisotopic (exact) mass is 449 g/mol. The normalized spacial score (nSPS) is 18.7. The van der Waals surface area contributed by atoms with Crippen LogP contribution in [0.15, 0.2) is 47.1 Å². The zero-order chi connectivity index (χ0) is 22.8. The van der Waals surface area contributed by atoms with Crippen LogP contribution in [0.3, 0.4) is 0 Å². The topological polar surface area (TPSA) is 102 Å². The molecular weight excluding hydrogens is 422 g/mol. The van der Waals surface area contributed by atoms with Crippen molar-refractivity contribution in [2.24, 2.45) is 5.92 Å². The summed E-state index contributed by atoms with van der Waals surface area (Å²) in [4.78, 5) is 27.3. The van der Waals surface area contributed by atoms with Crippen molar-refractivity contribution in [1.82, 2.24) is 25.2 Å². The molecule has 4 heterocycles. The smallest absolute Gasteiger partial charge is 0.276 e. The van der Waals surface area contributed by atoms with Crippen LogP contribution in [0.5, 0.6) is 0 Å². The minimum atomic E-state index is -0.150. The molecule has 1 unspecified atom stereocenters. The van der Waals surface area contributed by atoms with Crippen LogP contribution in [-0.2, 0) is 29.2 Å². The van der Waals surface area contributed by atoms with Crippen LogP contribution in [0.1, 0.15) is 52.0 Å². The van der Waals surface area contributed by atoms with E-state index in [2.05, 4.69) is 46.8 Å². The summed E-state index contributed by atoms with van der Waals surface area (Å²) in [5.74, 6) is 0.453. The van der Waals surface area contributed by atoms with E-state index < -0.39 is 0 Å². The lowest BCUT2D eigenvalue weighted by Crippen LogP contribution is -2.43. The van der Waals surface area contributed by atoms with Crippen molar-refractivity contribution in [3.05, 3.63) is 70.9 Å². The predicted octanol–water partition coefficient (Wildman–Crippen LogP) is 2.62. The van der Waals surface area contributed by atoms with Gasteiger partial charge in [-0.2, -0.15) is 0 Å². The van der Waals surface area contributed by atoms with Crippen molar-refractivity contribution in [1.29, 1.82) is 0 Å². The van der Waals surface area contributed by atoms with Crippen molar-refractivity contribution in [2.75, 3.05) is 13.1 Å². The number of furan rings is 1. The Morgan fingerprint density at radius 1 is 1.15 bits per heavy atom. The quantitative estimate of drug-likeness (QED) is 0.642. The molecule has 0 aliphatic carbocycles. The molecule has 172 valence electrons. The summed E-state index contributed by atoms with van der Waals surface area (Å²) < 4.78 is 13.1. The summed E-state index contributed by atoms with van der Waals surface area (Å²) in [6.07, 6.45) is 2.71. The fourth-order valence-electron chi connectivity index (χ4n) is 4.39. The highest BCUT2D eigenvalue weighted by molar-refractivity contribution is 5.93. The second-order valence-electron chi connectivity index (χ2n) is 8.64. The van der Waals surface area contributed by atoms with E-state index in [0.717, 1.165) is 11.3 Å². The van der Waals surface area contributed by atoms with E-state index >= 15 is 0 Å². The molecule has 9 heteroatoms. The van der Waals surface area contributed by atoms with Gasteiger partial charge in [-0.05, 0) is 37.5 Å². The Hall–Kier alpha value is -3.46. The molecule has 1 atom stereocenters. The molecule has 2 aromatic heterocycles. The van der Waals surface area contributed by atoms with Gasteiger partial charge in [0.15, 0.2) is 5.69 Å². The third-order valence-electron chi connectivity index (χ3n) is 6.42. The molecule has 1 saturated heterocycles. The molecule has 3 aromatic rings. The Kier molecular flexibility index (Phi) is 5.95. The van der Waals surface area contributed by atoms with Gasteiger partial charge in [-0.15, -0.1) is 5.10 Å². The summed E-state index contributed by atoms with van der Waals surface area (Å²) in [5.41, 5.74) is 3.34. The average molecular weight is 450 g/mol. The Morgan fingerprint density at radius 2 is 1.94 bits per heavy atom. The molecule has 1 fully saturated rings. The summed E-state index contributed by atoms with van der Waals surface area (Å²) in [6, 6.07) is 11.9. The first-order chi connectivity index (χ1) is 16.1. The number of ether oxygens (including phenoxy) is 1. The Labute approximate surface area is 191 Å². The number of carbonyl (C=O) groups is 2. The Bertz CT molecular complexity index is 1110. The van der Waals surface area contributed by atoms with Gasteiger partial charge < -0.3 is 19.4 Å². The van der Waals surface area contributed by atoms with Crippen LogP contribution < -0.4 is 5.32 Å². The van der Waals surface area contributed by atoms with Gasteiger partial charge in [0.1, 0.15) is 11.9 Å². The lowest BCUT2D eigenvalue weighted by molar-refractivity contribution is -0.126. The van der Waals surface area contributed by atoms with Gasteiger partial charge in [-0.1, -0.05) is 35.0 Å². The van der Waals surface area contributed by atoms with Crippen LogP contribution in [-0.4, -0.2) is 44.8 Å². The van der Waals surface area contributed by atoms with Gasteiger partial charge in [0.05, 0.1) is 31.7 Å². The predicted molar refractivity (Wildman–Crippen MR) is 118 cm³/mol. The third-order valence-corrected chi connectivity index (χ3v) is 6.42. The van der Waals surface area contributed by atoms with Gasteiger partial charge in [-0.25, -0.2) is 4.68 Å². The van der Waals surface area contributed by atoms with Gasteiger partial charge >= 0.3 is 0 Å². The first kappa shape index (κ1) is 21.4. The SMILES string of the molecule is Cc1ccc(C2Cn3nnc(C(=O)N4CCC(C(=O)NCc5ccco5)CC4)c3CO2)cc1. The highest BCUT2D eigenvalue weighted by atomic mass is 16.5. The van der Waals surface area contributed by atoms with Crippen LogP contribution in [0, 0.1) is 12.8 Å². The van der Waals surface area contributed by atoms with E-state index in [-0.39, 0.29) is 30.4 Å². The van der Waals surface area contributed by atoms with Crippen LogP contribution >= 0.6 is 0 Å². The first-order valence-electron chi connectivity index (χ1n) is 11.3. The molecule has 2 aliphatic heterocycles. The fourth-order valence-corrected chi connectivity index (χ4v) is 4.39. The lowest BCUT2D eigenvalue weighted by Gasteiger charge is -2.31. The maximum absolute atomic E-state index is 13.1. The molecule has 0 bridgehead atoms. The number of benzene rings is 1. The summed E-state index contributed by atoms with van der Waals surface area (Å²) in [6.45, 7) is 4.26. The molecule has 0 radical (unpaired) electrons. The molecular formula is C24H27N5O4. The number of fused-ring (bicyclic) bond motifs is 1. The number of aromatic nitrogens is 3. The molecule has 9 nitrogen and oxygen atoms in total. The number of amides is 2. The molecule has 33 heavy (non-hydrogen) atoms. The van der Waals surface area contributed by atoms with E-state index in [0.29, 0.717) is 50.4 Å². The number of nitrogens with zero attached hydrogens (tertiary/aromatic N) is 4. The van der Waals surface area contributed by atoms with Crippen LogP contribution in [0.25, 0.3) is 0 Å². The minimum Gasteiger partial charge on any atom is -0.467 e. The molecule has 0 saturated carbocycles. The second kappa shape index (κ2) is 9.19. The molecule has 0 spiro atoms. The maximum atomic E-state index is 13.1. The largest absolute Gasteiger partial charge is 0.467 e. The maximum Gasteiger partial charge on any atom is 0.276 e. The number of rotatable bonds is 5. The first-order valence-corrected chi connectivity index (χ1v) is 11.3. The molecule has 1 N–H and O–H groups in total. The van der Waals surface area contributed by atoms with Gasteiger partial charge in [0, 0.05) is 19.0 Å². The number of likely N-dealkylation sites (tertiary alicyclic amines) is 1. The van der Waals surface area contributed by atoms with Crippen molar-refractivity contribution in [2.45, 2.75) is 45.6 Å². The van der Waals surface area contributed by atoms with Crippen molar-refractivity contribution >= 4 is 11.8 Å². The molecule has 1 aromatic carbocycles. The second-order valence-corrected chi connectivity index (χ2v) is 8.64. The van der Waals surface area contributed by atoms with Gasteiger partial charge in [0.25, 0.3) is 5.91 Å². The van der Waals surface area contributed by atoms with Crippen LogP contribution in [0.4, 0.5) is 0 Å². The van der Waals surface area contributed by atoms with Crippen LogP contribution in [0.2, 0.25) is 0 Å². The third kappa shape index (κ3) is 4.54. The molecule has 2 aliphatic rings. The Balaban J connectivity index is 1.17. The van der Waals surface area contributed by atoms with E-state index in [1.807, 2.05) is 6.07 Å². The minimum absolute atomic E-state index is 0.00455. The van der Waals surface area contributed by atoms with E-state index in [1.165, 1.54) is 5.56 Å². The highest BCUT2D eigenvalue weighted by Gasteiger charge is 2.33. The van der Waals surface area contributed by atoms with E-state index in [4.69, 9.17) is 9.15 Å². The zero-order valence-electron chi connectivity index (χ0n) is 18.6. The van der Waals surface area contributed by atoms with Crippen molar-refractivity contribution in [3.8, 4) is 0 Å². The number of aryl methyl sites for hydroxylation is 1. The van der Waals surface area contributed by atoms with Crippen molar-refractivity contribution < 1.29 is 18.7 Å². The number of piperidine rings is 1. The molecule has 5 rings (SSSR count). The van der Waals surface area contributed by atoms with Gasteiger partial charge in [0.2, 0.25) is 5.91 Å². The zero-order valence-corrected chi connectivity index (χ0v) is 18.6. The summed E-state index contributed by atoms with van der Waals surface area (Å²) >= 11 is 0.